The fourth-order valence-corrected chi connectivity index (χ4v) is 4.94. The Morgan fingerprint density at radius 2 is 2.09 bits per heavy atom. The lowest BCUT2D eigenvalue weighted by atomic mass is 9.74. The quantitative estimate of drug-likeness (QED) is 0.515. The first-order chi connectivity index (χ1) is 16.4. The van der Waals surface area contributed by atoms with Crippen LogP contribution in [0.1, 0.15) is 44.2 Å². The van der Waals surface area contributed by atoms with Gasteiger partial charge in [0.1, 0.15) is 11.8 Å². The summed E-state index contributed by atoms with van der Waals surface area (Å²) in [4.78, 5) is 35.6. The minimum Gasteiger partial charge on any atom is -0.467 e. The highest BCUT2D eigenvalue weighted by molar-refractivity contribution is 6.01. The molecule has 0 bridgehead atoms. The second-order valence-electron chi connectivity index (χ2n) is 9.70. The molecule has 8 heteroatoms. The second kappa shape index (κ2) is 8.85. The number of nitrogens with one attached hydrogen (secondary N) is 3. The summed E-state index contributed by atoms with van der Waals surface area (Å²) in [5.74, 6) is 0.598. The van der Waals surface area contributed by atoms with Crippen LogP contribution in [-0.4, -0.2) is 34.7 Å². The fourth-order valence-electron chi connectivity index (χ4n) is 4.94. The van der Waals surface area contributed by atoms with Gasteiger partial charge in [0.25, 0.3) is 0 Å². The first-order valence-electron chi connectivity index (χ1n) is 11.6. The van der Waals surface area contributed by atoms with Gasteiger partial charge < -0.3 is 24.9 Å². The largest absolute Gasteiger partial charge is 0.467 e. The normalized spacial score (nSPS) is 19.2. The van der Waals surface area contributed by atoms with Crippen LogP contribution in [0.15, 0.2) is 70.9 Å². The topological polar surface area (TPSA) is 103 Å². The van der Waals surface area contributed by atoms with E-state index in [0.717, 1.165) is 29.2 Å². The number of rotatable bonds is 6. The molecule has 5 rings (SSSR count). The number of aromatic amines is 1. The third-order valence-corrected chi connectivity index (χ3v) is 6.40. The van der Waals surface area contributed by atoms with Crippen molar-refractivity contribution in [2.45, 2.75) is 39.2 Å². The molecule has 1 aliphatic carbocycles. The molecular formula is C26H29N5O3. The Morgan fingerprint density at radius 3 is 2.85 bits per heavy atom. The zero-order valence-corrected chi connectivity index (χ0v) is 19.4. The van der Waals surface area contributed by atoms with Crippen molar-refractivity contribution in [3.63, 3.8) is 0 Å². The van der Waals surface area contributed by atoms with E-state index in [9.17, 15) is 9.59 Å². The first-order valence-corrected chi connectivity index (χ1v) is 11.6. The number of aromatic nitrogens is 2. The van der Waals surface area contributed by atoms with Crippen molar-refractivity contribution in [1.29, 1.82) is 0 Å². The number of carbonyl (C=O) groups excluding carboxylic acids is 2. The lowest BCUT2D eigenvalue weighted by molar-refractivity contribution is -0.120. The number of para-hydroxylation sites is 2. The van der Waals surface area contributed by atoms with E-state index in [2.05, 4.69) is 34.4 Å². The summed E-state index contributed by atoms with van der Waals surface area (Å²) in [5.41, 5.74) is 4.12. The number of carbonyl (C=O) groups is 2. The molecule has 34 heavy (non-hydrogen) atoms. The molecule has 3 heterocycles. The maximum Gasteiger partial charge on any atom is 0.239 e. The van der Waals surface area contributed by atoms with Gasteiger partial charge in [-0.15, -0.1) is 0 Å². The van der Waals surface area contributed by atoms with Crippen molar-refractivity contribution in [2.24, 2.45) is 5.41 Å². The molecule has 0 fully saturated rings. The zero-order valence-electron chi connectivity index (χ0n) is 19.4. The second-order valence-corrected chi connectivity index (χ2v) is 9.70. The monoisotopic (exact) mass is 459 g/mol. The van der Waals surface area contributed by atoms with Gasteiger partial charge in [-0.1, -0.05) is 26.0 Å². The predicted molar refractivity (Wildman–Crippen MR) is 129 cm³/mol. The molecule has 1 aliphatic heterocycles. The number of nitrogens with zero attached hydrogens (tertiary/aromatic N) is 2. The van der Waals surface area contributed by atoms with Gasteiger partial charge in [0.2, 0.25) is 5.91 Å². The summed E-state index contributed by atoms with van der Waals surface area (Å²) in [6.07, 6.45) is 6.84. The Morgan fingerprint density at radius 1 is 1.24 bits per heavy atom. The number of amides is 1. The molecule has 2 aliphatic rings. The van der Waals surface area contributed by atoms with Crippen molar-refractivity contribution in [2.75, 3.05) is 23.3 Å². The van der Waals surface area contributed by atoms with Crippen molar-refractivity contribution in [3.8, 4) is 0 Å². The summed E-state index contributed by atoms with van der Waals surface area (Å²) in [6.45, 7) is 4.79. The molecule has 0 saturated heterocycles. The highest BCUT2D eigenvalue weighted by Gasteiger charge is 2.42. The highest BCUT2D eigenvalue weighted by atomic mass is 16.3. The van der Waals surface area contributed by atoms with Crippen molar-refractivity contribution >= 4 is 23.1 Å². The third kappa shape index (κ3) is 4.35. The molecule has 1 amide bonds. The lowest BCUT2D eigenvalue weighted by Crippen LogP contribution is -2.42. The summed E-state index contributed by atoms with van der Waals surface area (Å²) < 4.78 is 5.84. The number of allylic oxidation sites excluding steroid dienone is 1. The van der Waals surface area contributed by atoms with Crippen molar-refractivity contribution in [3.05, 3.63) is 77.9 Å². The highest BCUT2D eigenvalue weighted by Crippen LogP contribution is 2.48. The van der Waals surface area contributed by atoms with Crippen LogP contribution in [-0.2, 0) is 16.0 Å². The molecule has 1 aromatic carbocycles. The van der Waals surface area contributed by atoms with Crippen LogP contribution in [0.25, 0.3) is 0 Å². The fraction of sp³-hybridized carbons (Fsp3) is 0.346. The van der Waals surface area contributed by atoms with Crippen LogP contribution in [0.2, 0.25) is 0 Å². The van der Waals surface area contributed by atoms with Crippen LogP contribution in [0.3, 0.4) is 0 Å². The molecule has 1 atom stereocenters. The van der Waals surface area contributed by atoms with Gasteiger partial charge in [-0.2, -0.15) is 0 Å². The average molecular weight is 460 g/mol. The van der Waals surface area contributed by atoms with E-state index >= 15 is 0 Å². The Kier molecular flexibility index (Phi) is 5.73. The number of anilines is 2. The van der Waals surface area contributed by atoms with Crippen molar-refractivity contribution in [1.82, 2.24) is 15.3 Å². The number of furan rings is 1. The van der Waals surface area contributed by atoms with Gasteiger partial charge in [-0.3, -0.25) is 9.59 Å². The minimum absolute atomic E-state index is 0.0811. The van der Waals surface area contributed by atoms with Crippen LogP contribution in [0.4, 0.5) is 11.4 Å². The Balaban J connectivity index is 1.51. The SMILES string of the molecule is CC1(C)CC(=O)C2=C(C1)Nc1ccccc1N(CC(=O)NCCc1cnc[nH]1)C2c1ccco1. The van der Waals surface area contributed by atoms with Crippen LogP contribution in [0, 0.1) is 5.41 Å². The first kappa shape index (κ1) is 22.0. The number of ketones is 1. The minimum atomic E-state index is -0.497. The molecule has 1 unspecified atom stereocenters. The van der Waals surface area contributed by atoms with Crippen LogP contribution < -0.4 is 15.5 Å². The predicted octanol–water partition coefficient (Wildman–Crippen LogP) is 3.98. The van der Waals surface area contributed by atoms with E-state index in [1.807, 2.05) is 41.3 Å². The number of fused-ring (bicyclic) bond motifs is 1. The van der Waals surface area contributed by atoms with Gasteiger partial charge >= 0.3 is 0 Å². The van der Waals surface area contributed by atoms with Gasteiger partial charge in [-0.05, 0) is 36.1 Å². The van der Waals surface area contributed by atoms with E-state index in [4.69, 9.17) is 4.42 Å². The van der Waals surface area contributed by atoms with Crippen LogP contribution >= 0.6 is 0 Å². The number of benzene rings is 1. The average Bonchev–Trinajstić information content (AvgIpc) is 3.47. The van der Waals surface area contributed by atoms with E-state index in [1.54, 1.807) is 18.8 Å². The summed E-state index contributed by atoms with van der Waals surface area (Å²) in [7, 11) is 0. The summed E-state index contributed by atoms with van der Waals surface area (Å²) in [5, 5.41) is 6.54. The molecule has 2 aromatic heterocycles. The van der Waals surface area contributed by atoms with E-state index in [0.29, 0.717) is 30.7 Å². The van der Waals surface area contributed by atoms with Gasteiger partial charge in [0, 0.05) is 42.5 Å². The lowest BCUT2D eigenvalue weighted by Gasteiger charge is -2.36. The zero-order chi connectivity index (χ0) is 23.7. The molecule has 0 spiro atoms. The number of Topliss-reactive ketones (excluding diaryl/α,β-unsaturated/α-hetero) is 1. The molecule has 3 N–H and O–H groups in total. The Labute approximate surface area is 198 Å². The maximum absolute atomic E-state index is 13.5. The Hall–Kier alpha value is -3.81. The third-order valence-electron chi connectivity index (χ3n) is 6.40. The van der Waals surface area contributed by atoms with E-state index < -0.39 is 6.04 Å². The van der Waals surface area contributed by atoms with E-state index in [1.165, 1.54) is 0 Å². The number of imidazole rings is 1. The number of hydrogen-bond donors (Lipinski definition) is 3. The summed E-state index contributed by atoms with van der Waals surface area (Å²) in [6, 6.07) is 11.1. The van der Waals surface area contributed by atoms with Crippen molar-refractivity contribution < 1.29 is 14.0 Å². The van der Waals surface area contributed by atoms with Gasteiger partial charge in [0.15, 0.2) is 5.78 Å². The number of H-pyrrole nitrogens is 1. The van der Waals surface area contributed by atoms with Gasteiger partial charge in [0.05, 0.1) is 30.5 Å². The maximum atomic E-state index is 13.5. The molecule has 0 radical (unpaired) electrons. The Bertz CT molecular complexity index is 1210. The molecule has 8 nitrogen and oxygen atoms in total. The molecule has 0 saturated carbocycles. The smallest absolute Gasteiger partial charge is 0.239 e. The standard InChI is InChI=1S/C26H29N5O3/c1-26(2)12-19-24(21(32)13-26)25(22-8-5-11-34-22)31(20-7-4-3-6-18(20)30-19)15-23(33)28-10-9-17-14-27-16-29-17/h3-8,11,14,16,25,30H,9-10,12-13,15H2,1-2H3,(H,27,29)(H,28,33). The molecule has 176 valence electrons. The molecule has 3 aromatic rings. The number of hydrogen-bond acceptors (Lipinski definition) is 6. The van der Waals surface area contributed by atoms with Crippen LogP contribution in [0.5, 0.6) is 0 Å². The van der Waals surface area contributed by atoms with Gasteiger partial charge in [-0.25, -0.2) is 4.98 Å². The summed E-state index contributed by atoms with van der Waals surface area (Å²) >= 11 is 0. The molecular weight excluding hydrogens is 430 g/mol. The van der Waals surface area contributed by atoms with E-state index in [-0.39, 0.29) is 23.7 Å².